The minimum Gasteiger partial charge on any atom is -0.491 e. The first-order valence-corrected chi connectivity index (χ1v) is 8.38. The molecule has 0 heterocycles. The average molecular weight is 334 g/mol. The molecule has 2 unspecified atom stereocenters. The normalized spacial score (nSPS) is 13.2. The molecule has 1 N–H and O–H groups in total. The van der Waals surface area contributed by atoms with Crippen LogP contribution in [0.15, 0.2) is 48.5 Å². The second kappa shape index (κ2) is 8.68. The zero-order valence-corrected chi connectivity index (χ0v) is 14.6. The van der Waals surface area contributed by atoms with Gasteiger partial charge in [0.15, 0.2) is 0 Å². The van der Waals surface area contributed by atoms with Gasteiger partial charge in [0.2, 0.25) is 0 Å². The van der Waals surface area contributed by atoms with Crippen LogP contribution in [0.2, 0.25) is 5.02 Å². The Balaban J connectivity index is 1.82. The Morgan fingerprint density at radius 1 is 0.957 bits per heavy atom. The Morgan fingerprint density at radius 3 is 2.30 bits per heavy atom. The Labute approximate surface area is 143 Å². The maximum atomic E-state index is 6.10. The number of benzene rings is 2. The SMILES string of the molecule is CCC(C)Oc1ccc(NCC(C)Oc2ccccc2Cl)cc1. The van der Waals surface area contributed by atoms with E-state index in [1.165, 1.54) is 0 Å². The van der Waals surface area contributed by atoms with E-state index in [4.69, 9.17) is 21.1 Å². The van der Waals surface area contributed by atoms with Crippen LogP contribution in [0.25, 0.3) is 0 Å². The first-order chi connectivity index (χ1) is 11.1. The van der Waals surface area contributed by atoms with Crippen molar-refractivity contribution in [1.29, 1.82) is 0 Å². The van der Waals surface area contributed by atoms with Crippen LogP contribution in [-0.4, -0.2) is 18.8 Å². The molecule has 3 nitrogen and oxygen atoms in total. The molecule has 2 rings (SSSR count). The lowest BCUT2D eigenvalue weighted by Gasteiger charge is -2.17. The molecule has 124 valence electrons. The Bertz CT molecular complexity index is 601. The maximum Gasteiger partial charge on any atom is 0.138 e. The molecule has 2 aromatic rings. The third-order valence-corrected chi connectivity index (χ3v) is 3.84. The molecule has 2 aromatic carbocycles. The smallest absolute Gasteiger partial charge is 0.138 e. The van der Waals surface area contributed by atoms with Crippen molar-refractivity contribution >= 4 is 17.3 Å². The number of halogens is 1. The highest BCUT2D eigenvalue weighted by atomic mass is 35.5. The summed E-state index contributed by atoms with van der Waals surface area (Å²) in [6.45, 7) is 6.88. The zero-order chi connectivity index (χ0) is 16.7. The lowest BCUT2D eigenvalue weighted by atomic mass is 10.2. The average Bonchev–Trinajstić information content (AvgIpc) is 2.56. The highest BCUT2D eigenvalue weighted by Gasteiger charge is 2.07. The standard InChI is InChI=1S/C19H24ClNO2/c1-4-14(2)22-17-11-9-16(10-12-17)21-13-15(3)23-19-8-6-5-7-18(19)20/h5-12,14-15,21H,4,13H2,1-3H3. The third-order valence-electron chi connectivity index (χ3n) is 3.52. The Hall–Kier alpha value is -1.87. The second-order valence-electron chi connectivity index (χ2n) is 5.60. The van der Waals surface area contributed by atoms with Gasteiger partial charge in [0.25, 0.3) is 0 Å². The Morgan fingerprint density at radius 2 is 1.65 bits per heavy atom. The number of nitrogens with one attached hydrogen (secondary N) is 1. The van der Waals surface area contributed by atoms with Gasteiger partial charge >= 0.3 is 0 Å². The molecular formula is C19H24ClNO2. The van der Waals surface area contributed by atoms with Crippen molar-refractivity contribution < 1.29 is 9.47 Å². The number of rotatable bonds is 8. The molecule has 0 aliphatic rings. The number of para-hydroxylation sites is 1. The highest BCUT2D eigenvalue weighted by Crippen LogP contribution is 2.24. The minimum absolute atomic E-state index is 0.00550. The third kappa shape index (κ3) is 5.68. The van der Waals surface area contributed by atoms with E-state index in [-0.39, 0.29) is 12.2 Å². The van der Waals surface area contributed by atoms with Crippen LogP contribution < -0.4 is 14.8 Å². The van der Waals surface area contributed by atoms with Gasteiger partial charge < -0.3 is 14.8 Å². The highest BCUT2D eigenvalue weighted by molar-refractivity contribution is 6.32. The van der Waals surface area contributed by atoms with Crippen molar-refractivity contribution in [3.8, 4) is 11.5 Å². The van der Waals surface area contributed by atoms with Crippen molar-refractivity contribution in [1.82, 2.24) is 0 Å². The predicted molar refractivity (Wildman–Crippen MR) is 96.9 cm³/mol. The van der Waals surface area contributed by atoms with Crippen LogP contribution in [0.4, 0.5) is 5.69 Å². The molecule has 0 saturated heterocycles. The van der Waals surface area contributed by atoms with Crippen LogP contribution in [0, 0.1) is 0 Å². The molecule has 0 aliphatic heterocycles. The van der Waals surface area contributed by atoms with Crippen molar-refractivity contribution in [3.05, 3.63) is 53.6 Å². The van der Waals surface area contributed by atoms with Gasteiger partial charge in [-0.25, -0.2) is 0 Å². The summed E-state index contributed by atoms with van der Waals surface area (Å²) in [5, 5.41) is 3.99. The molecule has 0 aliphatic carbocycles. The van der Waals surface area contributed by atoms with E-state index in [2.05, 4.69) is 19.2 Å². The largest absolute Gasteiger partial charge is 0.491 e. The maximum absolute atomic E-state index is 6.10. The van der Waals surface area contributed by atoms with E-state index in [1.54, 1.807) is 0 Å². The summed E-state index contributed by atoms with van der Waals surface area (Å²) >= 11 is 6.10. The van der Waals surface area contributed by atoms with Crippen molar-refractivity contribution in [2.24, 2.45) is 0 Å². The van der Waals surface area contributed by atoms with Gasteiger partial charge in [-0.05, 0) is 56.7 Å². The van der Waals surface area contributed by atoms with Crippen molar-refractivity contribution in [2.45, 2.75) is 39.4 Å². The number of ether oxygens (including phenoxy) is 2. The summed E-state index contributed by atoms with van der Waals surface area (Å²) in [4.78, 5) is 0. The molecule has 2 atom stereocenters. The van der Waals surface area contributed by atoms with E-state index < -0.39 is 0 Å². The van der Waals surface area contributed by atoms with Gasteiger partial charge in [-0.3, -0.25) is 0 Å². The summed E-state index contributed by atoms with van der Waals surface area (Å²) in [7, 11) is 0. The van der Waals surface area contributed by atoms with E-state index in [0.717, 1.165) is 17.9 Å². The van der Waals surface area contributed by atoms with Crippen molar-refractivity contribution in [2.75, 3.05) is 11.9 Å². The summed E-state index contributed by atoms with van der Waals surface area (Å²) in [6.07, 6.45) is 1.24. The van der Waals surface area contributed by atoms with Crippen molar-refractivity contribution in [3.63, 3.8) is 0 Å². The van der Waals surface area contributed by atoms with E-state index >= 15 is 0 Å². The molecule has 0 bridgehead atoms. The summed E-state index contributed by atoms with van der Waals surface area (Å²) in [5.41, 5.74) is 1.04. The topological polar surface area (TPSA) is 30.5 Å². The fourth-order valence-electron chi connectivity index (χ4n) is 2.03. The summed E-state index contributed by atoms with van der Waals surface area (Å²) < 4.78 is 11.6. The number of anilines is 1. The van der Waals surface area contributed by atoms with Gasteiger partial charge in [0.1, 0.15) is 17.6 Å². The molecule has 0 radical (unpaired) electrons. The van der Waals surface area contributed by atoms with Crippen LogP contribution in [0.5, 0.6) is 11.5 Å². The lowest BCUT2D eigenvalue weighted by Crippen LogP contribution is -2.22. The molecule has 0 amide bonds. The predicted octanol–water partition coefficient (Wildman–Crippen LogP) is 5.40. The summed E-state index contributed by atoms with van der Waals surface area (Å²) in [6, 6.07) is 15.5. The Kier molecular flexibility index (Phi) is 6.60. The van der Waals surface area contributed by atoms with Crippen LogP contribution in [0.1, 0.15) is 27.2 Å². The molecule has 0 aromatic heterocycles. The first-order valence-electron chi connectivity index (χ1n) is 8.00. The van der Waals surface area contributed by atoms with E-state index in [0.29, 0.717) is 17.3 Å². The van der Waals surface area contributed by atoms with Crippen LogP contribution in [0.3, 0.4) is 0 Å². The fraction of sp³-hybridized carbons (Fsp3) is 0.368. The molecule has 0 saturated carbocycles. The molecule has 0 fully saturated rings. The van der Waals surface area contributed by atoms with E-state index in [9.17, 15) is 0 Å². The molecule has 0 spiro atoms. The minimum atomic E-state index is 0.00550. The van der Waals surface area contributed by atoms with Crippen LogP contribution >= 0.6 is 11.6 Å². The lowest BCUT2D eigenvalue weighted by molar-refractivity contribution is 0.217. The van der Waals surface area contributed by atoms with Gasteiger partial charge in [-0.2, -0.15) is 0 Å². The zero-order valence-electron chi connectivity index (χ0n) is 13.9. The molecule has 4 heteroatoms. The van der Waals surface area contributed by atoms with E-state index in [1.807, 2.05) is 55.5 Å². The van der Waals surface area contributed by atoms with Gasteiger partial charge in [0, 0.05) is 5.69 Å². The first kappa shape index (κ1) is 17.5. The molecule has 23 heavy (non-hydrogen) atoms. The van der Waals surface area contributed by atoms with Gasteiger partial charge in [-0.1, -0.05) is 30.7 Å². The van der Waals surface area contributed by atoms with Gasteiger partial charge in [-0.15, -0.1) is 0 Å². The number of hydrogen-bond donors (Lipinski definition) is 1. The quantitative estimate of drug-likeness (QED) is 0.702. The second-order valence-corrected chi connectivity index (χ2v) is 6.01. The molecular weight excluding hydrogens is 310 g/mol. The van der Waals surface area contributed by atoms with Gasteiger partial charge in [0.05, 0.1) is 17.7 Å². The number of hydrogen-bond acceptors (Lipinski definition) is 3. The van der Waals surface area contributed by atoms with Crippen LogP contribution in [-0.2, 0) is 0 Å². The summed E-state index contributed by atoms with van der Waals surface area (Å²) in [5.74, 6) is 1.60. The monoisotopic (exact) mass is 333 g/mol. The fourth-order valence-corrected chi connectivity index (χ4v) is 2.21.